The third kappa shape index (κ3) is 3.91. The molecule has 1 aromatic carbocycles. The number of hydroxylamine groups is 2. The minimum atomic E-state index is -0.498. The Morgan fingerprint density at radius 2 is 1.96 bits per heavy atom. The fourth-order valence-electron chi connectivity index (χ4n) is 5.10. The first kappa shape index (κ1) is 19.7. The predicted molar refractivity (Wildman–Crippen MR) is 105 cm³/mol. The van der Waals surface area contributed by atoms with Crippen molar-refractivity contribution in [1.82, 2.24) is 9.96 Å². The number of likely N-dealkylation sites (N-methyl/N-ethyl adjacent to an activating group) is 1. The molecule has 0 aromatic heterocycles. The van der Waals surface area contributed by atoms with Gasteiger partial charge in [0.1, 0.15) is 5.60 Å². The van der Waals surface area contributed by atoms with Crippen molar-refractivity contribution in [2.24, 2.45) is 11.8 Å². The summed E-state index contributed by atoms with van der Waals surface area (Å²) in [6.07, 6.45) is 1.85. The maximum atomic E-state index is 13.0. The number of benzene rings is 1. The van der Waals surface area contributed by atoms with Gasteiger partial charge in [-0.1, -0.05) is 30.3 Å². The van der Waals surface area contributed by atoms with Crippen LogP contribution in [0.1, 0.15) is 39.2 Å². The van der Waals surface area contributed by atoms with Crippen molar-refractivity contribution in [2.45, 2.75) is 64.0 Å². The molecule has 28 heavy (non-hydrogen) atoms. The highest BCUT2D eigenvalue weighted by Gasteiger charge is 2.58. The molecule has 3 aliphatic rings. The first-order chi connectivity index (χ1) is 13.3. The molecule has 6 nitrogen and oxygen atoms in total. The van der Waals surface area contributed by atoms with Crippen LogP contribution in [0.5, 0.6) is 0 Å². The molecule has 0 radical (unpaired) electrons. The van der Waals surface area contributed by atoms with Gasteiger partial charge >= 0.3 is 6.09 Å². The maximum Gasteiger partial charge on any atom is 0.410 e. The number of hydrogen-bond donors (Lipinski definition) is 0. The Hall–Kier alpha value is -1.63. The molecule has 2 aliphatic heterocycles. The molecule has 6 heteroatoms. The van der Waals surface area contributed by atoms with E-state index >= 15 is 0 Å². The quantitative estimate of drug-likeness (QED) is 0.791. The van der Waals surface area contributed by atoms with E-state index in [0.29, 0.717) is 31.6 Å². The highest BCUT2D eigenvalue weighted by atomic mass is 16.7. The van der Waals surface area contributed by atoms with E-state index in [1.807, 2.05) is 56.0 Å². The van der Waals surface area contributed by atoms with E-state index in [1.54, 1.807) is 0 Å². The molecule has 2 heterocycles. The second kappa shape index (κ2) is 7.65. The molecule has 2 saturated heterocycles. The number of ether oxygens (including phenoxy) is 2. The summed E-state index contributed by atoms with van der Waals surface area (Å²) in [5, 5.41) is 1.98. The van der Waals surface area contributed by atoms with Gasteiger partial charge in [0.05, 0.1) is 31.4 Å². The monoisotopic (exact) mass is 388 g/mol. The molecule has 4 bridgehead atoms. The number of nitrogens with zero attached hydrogens (tertiary/aromatic N) is 2. The van der Waals surface area contributed by atoms with E-state index in [-0.39, 0.29) is 24.3 Å². The zero-order chi connectivity index (χ0) is 19.9. The predicted octanol–water partition coefficient (Wildman–Crippen LogP) is 3.46. The molecule has 0 N–H and O–H groups in total. The van der Waals surface area contributed by atoms with Crippen molar-refractivity contribution < 1.29 is 19.1 Å². The van der Waals surface area contributed by atoms with E-state index in [2.05, 4.69) is 12.1 Å². The van der Waals surface area contributed by atoms with Crippen LogP contribution in [0.25, 0.3) is 0 Å². The van der Waals surface area contributed by atoms with Gasteiger partial charge in [-0.15, -0.1) is 0 Å². The molecule has 3 fully saturated rings. The average Bonchev–Trinajstić information content (AvgIpc) is 3.06. The number of rotatable bonds is 4. The van der Waals surface area contributed by atoms with Gasteiger partial charge in [-0.2, -0.15) is 5.06 Å². The number of amides is 1. The third-order valence-corrected chi connectivity index (χ3v) is 6.13. The molecule has 1 aromatic rings. The lowest BCUT2D eigenvalue weighted by molar-refractivity contribution is -0.171. The first-order valence-corrected chi connectivity index (χ1v) is 10.3. The van der Waals surface area contributed by atoms with Crippen LogP contribution in [0.4, 0.5) is 4.79 Å². The lowest BCUT2D eigenvalue weighted by Gasteiger charge is -2.39. The van der Waals surface area contributed by atoms with Crippen LogP contribution < -0.4 is 0 Å². The van der Waals surface area contributed by atoms with Gasteiger partial charge in [-0.3, -0.25) is 4.84 Å². The van der Waals surface area contributed by atoms with Gasteiger partial charge in [0.25, 0.3) is 0 Å². The number of hydrogen-bond acceptors (Lipinski definition) is 5. The minimum Gasteiger partial charge on any atom is -0.444 e. The topological polar surface area (TPSA) is 51.2 Å². The maximum absolute atomic E-state index is 13.0. The molecular weight excluding hydrogens is 356 g/mol. The molecule has 1 aliphatic carbocycles. The molecule has 1 saturated carbocycles. The Labute approximate surface area is 167 Å². The van der Waals surface area contributed by atoms with E-state index < -0.39 is 5.60 Å². The van der Waals surface area contributed by atoms with Gasteiger partial charge in [0.2, 0.25) is 0 Å². The summed E-state index contributed by atoms with van der Waals surface area (Å²) in [7, 11) is 2.00. The normalized spacial score (nSPS) is 32.4. The minimum absolute atomic E-state index is 0.0631. The highest BCUT2D eigenvalue weighted by molar-refractivity contribution is 5.69. The van der Waals surface area contributed by atoms with Crippen LogP contribution in [0.2, 0.25) is 0 Å². The van der Waals surface area contributed by atoms with Crippen LogP contribution >= 0.6 is 0 Å². The van der Waals surface area contributed by atoms with Crippen LogP contribution in [0.15, 0.2) is 30.3 Å². The van der Waals surface area contributed by atoms with Gasteiger partial charge in [0, 0.05) is 25.4 Å². The SMILES string of the molecule is CN1O[C@@H]2CCN(C(=O)OC(C)(C)C)[C@H]3[C@H](COCc4ccccc4)C[C@@H]2[C@H]31. The molecule has 5 atom stereocenters. The van der Waals surface area contributed by atoms with Gasteiger partial charge in [-0.25, -0.2) is 4.79 Å². The van der Waals surface area contributed by atoms with Crippen molar-refractivity contribution in [1.29, 1.82) is 0 Å². The van der Waals surface area contributed by atoms with Crippen molar-refractivity contribution in [2.75, 3.05) is 20.2 Å². The van der Waals surface area contributed by atoms with E-state index in [4.69, 9.17) is 14.3 Å². The lowest BCUT2D eigenvalue weighted by atomic mass is 9.95. The number of likely N-dealkylation sites (tertiary alicyclic amines) is 1. The standard InChI is InChI=1S/C22H32N2O4/c1-22(2,3)27-21(25)24-11-10-18-17-12-16(19(24)20(17)23(4)28-18)14-26-13-15-8-6-5-7-9-15/h5-9,16-20H,10-14H2,1-4H3/t16-,17-,18+,19-,20+/m0/s1. The summed E-state index contributed by atoms with van der Waals surface area (Å²) in [5.74, 6) is 0.744. The summed E-state index contributed by atoms with van der Waals surface area (Å²) >= 11 is 0. The molecule has 154 valence electrons. The average molecular weight is 389 g/mol. The Morgan fingerprint density at radius 1 is 1.21 bits per heavy atom. The third-order valence-electron chi connectivity index (χ3n) is 6.13. The molecule has 0 spiro atoms. The lowest BCUT2D eigenvalue weighted by Crippen LogP contribution is -2.54. The van der Waals surface area contributed by atoms with E-state index in [9.17, 15) is 4.79 Å². The second-order valence-corrected chi connectivity index (χ2v) is 9.29. The fourth-order valence-corrected chi connectivity index (χ4v) is 5.10. The van der Waals surface area contributed by atoms with Crippen molar-refractivity contribution in [3.05, 3.63) is 35.9 Å². The molecule has 0 unspecified atom stereocenters. The first-order valence-electron chi connectivity index (χ1n) is 10.3. The summed E-state index contributed by atoms with van der Waals surface area (Å²) in [4.78, 5) is 21.0. The zero-order valence-electron chi connectivity index (χ0n) is 17.3. The van der Waals surface area contributed by atoms with Crippen molar-refractivity contribution in [3.8, 4) is 0 Å². The largest absolute Gasteiger partial charge is 0.444 e. The van der Waals surface area contributed by atoms with Gasteiger partial charge in [0.15, 0.2) is 0 Å². The molecule has 1 amide bonds. The van der Waals surface area contributed by atoms with Crippen LogP contribution in [-0.4, -0.2) is 60.0 Å². The number of carbonyl (C=O) groups excluding carboxylic acids is 1. The van der Waals surface area contributed by atoms with Crippen LogP contribution in [0.3, 0.4) is 0 Å². The Balaban J connectivity index is 1.48. The molecule has 4 rings (SSSR count). The summed E-state index contributed by atoms with van der Waals surface area (Å²) in [6.45, 7) is 7.68. The second-order valence-electron chi connectivity index (χ2n) is 9.29. The number of carbonyl (C=O) groups is 1. The fraction of sp³-hybridized carbons (Fsp3) is 0.682. The zero-order valence-corrected chi connectivity index (χ0v) is 17.3. The smallest absolute Gasteiger partial charge is 0.410 e. The van der Waals surface area contributed by atoms with Crippen LogP contribution in [-0.2, 0) is 20.9 Å². The van der Waals surface area contributed by atoms with E-state index in [1.165, 1.54) is 5.56 Å². The summed E-state index contributed by atoms with van der Waals surface area (Å²) in [6, 6.07) is 10.5. The summed E-state index contributed by atoms with van der Waals surface area (Å²) < 4.78 is 11.8. The Morgan fingerprint density at radius 3 is 2.68 bits per heavy atom. The Bertz CT molecular complexity index is 690. The van der Waals surface area contributed by atoms with Crippen molar-refractivity contribution in [3.63, 3.8) is 0 Å². The van der Waals surface area contributed by atoms with Crippen LogP contribution in [0, 0.1) is 11.8 Å². The summed E-state index contributed by atoms with van der Waals surface area (Å²) in [5.41, 5.74) is 0.675. The van der Waals surface area contributed by atoms with Crippen molar-refractivity contribution >= 4 is 6.09 Å². The Kier molecular flexibility index (Phi) is 5.38. The highest BCUT2D eigenvalue weighted by Crippen LogP contribution is 2.48. The van der Waals surface area contributed by atoms with Gasteiger partial charge in [-0.05, 0) is 39.2 Å². The molecular formula is C22H32N2O4. The van der Waals surface area contributed by atoms with E-state index in [0.717, 1.165) is 12.8 Å². The van der Waals surface area contributed by atoms with Gasteiger partial charge < -0.3 is 14.4 Å².